The summed E-state index contributed by atoms with van der Waals surface area (Å²) in [6, 6.07) is 0. The highest BCUT2D eigenvalue weighted by Gasteiger charge is 2.12. The highest BCUT2D eigenvalue weighted by atomic mass is 35.5. The van der Waals surface area contributed by atoms with E-state index >= 15 is 0 Å². The molecule has 0 bridgehead atoms. The maximum Gasteiger partial charge on any atom is 0.132 e. The quantitative estimate of drug-likeness (QED) is 0.877. The van der Waals surface area contributed by atoms with Crippen LogP contribution in [0.15, 0.2) is 6.20 Å². The Bertz CT molecular complexity index is 534. The third-order valence-electron chi connectivity index (χ3n) is 2.77. The molecule has 2 rings (SSSR count). The van der Waals surface area contributed by atoms with E-state index in [4.69, 9.17) is 16.7 Å². The molecule has 0 amide bonds. The molecule has 0 fully saturated rings. The second-order valence-corrected chi connectivity index (χ2v) is 4.57. The van der Waals surface area contributed by atoms with E-state index in [1.807, 2.05) is 20.2 Å². The Morgan fingerprint density at radius 1 is 1.44 bits per heavy atom. The number of rotatable bonds is 5. The van der Waals surface area contributed by atoms with E-state index in [-0.39, 0.29) is 6.61 Å². The highest BCUT2D eigenvalue weighted by Crippen LogP contribution is 2.19. The Morgan fingerprint density at radius 2 is 2.22 bits per heavy atom. The molecule has 6 nitrogen and oxygen atoms in total. The van der Waals surface area contributed by atoms with Crippen molar-refractivity contribution >= 4 is 11.6 Å². The van der Waals surface area contributed by atoms with E-state index < -0.39 is 0 Å². The van der Waals surface area contributed by atoms with Crippen LogP contribution in [0, 0.1) is 6.92 Å². The molecule has 7 heteroatoms. The summed E-state index contributed by atoms with van der Waals surface area (Å²) < 4.78 is 3.39. The van der Waals surface area contributed by atoms with Crippen molar-refractivity contribution in [2.24, 2.45) is 7.05 Å². The summed E-state index contributed by atoms with van der Waals surface area (Å²) in [5.41, 5.74) is 2.73. The van der Waals surface area contributed by atoms with Gasteiger partial charge in [-0.05, 0) is 19.8 Å². The van der Waals surface area contributed by atoms with Crippen LogP contribution in [-0.2, 0) is 20.0 Å². The molecule has 2 aromatic heterocycles. The third-order valence-corrected chi connectivity index (χ3v) is 3.24. The molecule has 2 heterocycles. The molecule has 0 aliphatic heterocycles. The first-order valence-electron chi connectivity index (χ1n) is 5.79. The average Bonchev–Trinajstić information content (AvgIpc) is 2.88. The van der Waals surface area contributed by atoms with Gasteiger partial charge in [0.25, 0.3) is 0 Å². The van der Waals surface area contributed by atoms with Gasteiger partial charge < -0.3 is 5.11 Å². The minimum atomic E-state index is 0.167. The van der Waals surface area contributed by atoms with Gasteiger partial charge in [-0.3, -0.25) is 4.68 Å². The Kier molecular flexibility index (Phi) is 3.98. The molecule has 2 aromatic rings. The molecule has 98 valence electrons. The van der Waals surface area contributed by atoms with Gasteiger partial charge in [-0.25, -0.2) is 4.68 Å². The summed E-state index contributed by atoms with van der Waals surface area (Å²) in [5, 5.41) is 21.7. The minimum Gasteiger partial charge on any atom is -0.396 e. The zero-order valence-corrected chi connectivity index (χ0v) is 11.2. The van der Waals surface area contributed by atoms with Crippen molar-refractivity contribution in [3.63, 3.8) is 0 Å². The van der Waals surface area contributed by atoms with Gasteiger partial charge in [0.2, 0.25) is 0 Å². The van der Waals surface area contributed by atoms with Crippen molar-refractivity contribution in [2.45, 2.75) is 26.3 Å². The first-order chi connectivity index (χ1) is 8.61. The lowest BCUT2D eigenvalue weighted by Gasteiger charge is -1.99. The normalized spacial score (nSPS) is 11.1. The largest absolute Gasteiger partial charge is 0.396 e. The van der Waals surface area contributed by atoms with Crippen LogP contribution in [0.1, 0.15) is 23.4 Å². The molecule has 0 spiro atoms. The predicted octanol–water partition coefficient (Wildman–Crippen LogP) is 0.947. The summed E-state index contributed by atoms with van der Waals surface area (Å²) in [5.74, 6) is 0. The number of aliphatic hydroxyl groups is 1. The van der Waals surface area contributed by atoms with Gasteiger partial charge in [0, 0.05) is 25.4 Å². The van der Waals surface area contributed by atoms with Crippen LogP contribution in [0.3, 0.4) is 0 Å². The van der Waals surface area contributed by atoms with Crippen LogP contribution in [0.4, 0.5) is 0 Å². The highest BCUT2D eigenvalue weighted by molar-refractivity contribution is 6.30. The minimum absolute atomic E-state index is 0.167. The molecule has 0 saturated carbocycles. The van der Waals surface area contributed by atoms with Gasteiger partial charge in [-0.1, -0.05) is 16.8 Å². The lowest BCUT2D eigenvalue weighted by molar-refractivity contribution is 0.288. The van der Waals surface area contributed by atoms with Gasteiger partial charge in [0.1, 0.15) is 5.15 Å². The monoisotopic (exact) mass is 269 g/mol. The van der Waals surface area contributed by atoms with Crippen LogP contribution >= 0.6 is 11.6 Å². The molecule has 0 unspecified atom stereocenters. The van der Waals surface area contributed by atoms with Crippen molar-refractivity contribution in [1.82, 2.24) is 24.8 Å². The standard InChI is InChI=1S/C11H16ClN5O/c1-8-10(11(12)16(2)14-8)7-17-6-9(13-15-17)4-3-5-18/h6,18H,3-5,7H2,1-2H3. The SMILES string of the molecule is Cc1nn(C)c(Cl)c1Cn1cc(CCCO)nn1. The molecule has 0 aliphatic carbocycles. The Balaban J connectivity index is 2.11. The predicted molar refractivity (Wildman–Crippen MR) is 67.5 cm³/mol. The van der Waals surface area contributed by atoms with Crippen LogP contribution < -0.4 is 0 Å². The fourth-order valence-corrected chi connectivity index (χ4v) is 2.04. The van der Waals surface area contributed by atoms with Gasteiger partial charge in [-0.15, -0.1) is 5.10 Å². The van der Waals surface area contributed by atoms with Crippen LogP contribution in [-0.4, -0.2) is 36.5 Å². The Hall–Kier alpha value is -1.40. The zero-order chi connectivity index (χ0) is 13.1. The van der Waals surface area contributed by atoms with Gasteiger partial charge in [0.15, 0.2) is 0 Å². The molecule has 0 aliphatic rings. The first-order valence-corrected chi connectivity index (χ1v) is 6.17. The van der Waals surface area contributed by atoms with Crippen LogP contribution in [0.5, 0.6) is 0 Å². The molecule has 0 atom stereocenters. The van der Waals surface area contributed by atoms with E-state index in [1.54, 1.807) is 9.36 Å². The summed E-state index contributed by atoms with van der Waals surface area (Å²) in [4.78, 5) is 0. The first kappa shape index (κ1) is 13.0. The fourth-order valence-electron chi connectivity index (χ4n) is 1.81. The topological polar surface area (TPSA) is 68.8 Å². The number of aliphatic hydroxyl groups excluding tert-OH is 1. The van der Waals surface area contributed by atoms with E-state index in [1.165, 1.54) is 0 Å². The Labute approximate surface area is 110 Å². The molecule has 0 radical (unpaired) electrons. The number of aromatic nitrogens is 5. The number of hydrogen-bond acceptors (Lipinski definition) is 4. The van der Waals surface area contributed by atoms with Crippen LogP contribution in [0.2, 0.25) is 5.15 Å². The summed E-state index contributed by atoms with van der Waals surface area (Å²) in [7, 11) is 1.81. The Morgan fingerprint density at radius 3 is 2.83 bits per heavy atom. The molecule has 0 saturated heterocycles. The number of hydrogen-bond donors (Lipinski definition) is 1. The fraction of sp³-hybridized carbons (Fsp3) is 0.545. The molecular formula is C11H16ClN5O. The van der Waals surface area contributed by atoms with Crippen LogP contribution in [0.25, 0.3) is 0 Å². The second kappa shape index (κ2) is 5.49. The van der Waals surface area contributed by atoms with Gasteiger partial charge in [-0.2, -0.15) is 5.10 Å². The van der Waals surface area contributed by atoms with Gasteiger partial charge >= 0.3 is 0 Å². The van der Waals surface area contributed by atoms with Gasteiger partial charge in [0.05, 0.1) is 17.9 Å². The molecule has 0 aromatic carbocycles. The van der Waals surface area contributed by atoms with E-state index in [0.29, 0.717) is 18.1 Å². The third kappa shape index (κ3) is 2.70. The molecule has 1 N–H and O–H groups in total. The molecule has 18 heavy (non-hydrogen) atoms. The average molecular weight is 270 g/mol. The van der Waals surface area contributed by atoms with Crippen molar-refractivity contribution in [3.05, 3.63) is 28.3 Å². The van der Waals surface area contributed by atoms with E-state index in [9.17, 15) is 0 Å². The summed E-state index contributed by atoms with van der Waals surface area (Å²) >= 11 is 6.16. The maximum atomic E-state index is 8.76. The van der Waals surface area contributed by atoms with Crippen molar-refractivity contribution < 1.29 is 5.11 Å². The number of nitrogens with zero attached hydrogens (tertiary/aromatic N) is 5. The lowest BCUT2D eigenvalue weighted by atomic mass is 10.2. The smallest absolute Gasteiger partial charge is 0.132 e. The van der Waals surface area contributed by atoms with Crippen molar-refractivity contribution in [3.8, 4) is 0 Å². The van der Waals surface area contributed by atoms with E-state index in [0.717, 1.165) is 23.4 Å². The summed E-state index contributed by atoms with van der Waals surface area (Å²) in [6.45, 7) is 2.65. The number of aryl methyl sites for hydroxylation is 3. The number of halogens is 1. The summed E-state index contributed by atoms with van der Waals surface area (Å²) in [6.07, 6.45) is 3.31. The second-order valence-electron chi connectivity index (χ2n) is 4.21. The lowest BCUT2D eigenvalue weighted by Crippen LogP contribution is -2.01. The molecular weight excluding hydrogens is 254 g/mol. The van der Waals surface area contributed by atoms with E-state index in [2.05, 4.69) is 15.4 Å². The van der Waals surface area contributed by atoms with Crippen molar-refractivity contribution in [2.75, 3.05) is 6.61 Å². The zero-order valence-electron chi connectivity index (χ0n) is 10.5. The maximum absolute atomic E-state index is 8.76. The van der Waals surface area contributed by atoms with Crippen molar-refractivity contribution in [1.29, 1.82) is 0 Å².